The van der Waals surface area contributed by atoms with Crippen molar-refractivity contribution in [3.63, 3.8) is 0 Å². The summed E-state index contributed by atoms with van der Waals surface area (Å²) in [4.78, 5) is 27.0. The molecule has 7 rings (SSSR count). The van der Waals surface area contributed by atoms with E-state index in [1.807, 2.05) is 13.8 Å². The Morgan fingerprint density at radius 1 is 1.07 bits per heavy atom. The van der Waals surface area contributed by atoms with Gasteiger partial charge in [-0.3, -0.25) is 9.59 Å². The third-order valence-corrected chi connectivity index (χ3v) is 14.4. The minimum atomic E-state index is -1.29. The summed E-state index contributed by atoms with van der Waals surface area (Å²) in [5.41, 5.74) is 0.884. The molecule has 6 fully saturated rings. The Morgan fingerprint density at radius 2 is 1.77 bits per heavy atom. The molecule has 2 spiro atoms. The smallest absolute Gasteiger partial charge is 0.186 e. The molecule has 7 aliphatic rings. The van der Waals surface area contributed by atoms with Crippen LogP contribution in [0.15, 0.2) is 11.6 Å². The van der Waals surface area contributed by atoms with Crippen LogP contribution >= 0.6 is 0 Å². The van der Waals surface area contributed by atoms with Gasteiger partial charge < -0.3 is 29.5 Å². The molecule has 5 aliphatic carbocycles. The summed E-state index contributed by atoms with van der Waals surface area (Å²) in [5, 5.41) is 30.7. The third kappa shape index (κ3) is 3.89. The lowest BCUT2D eigenvalue weighted by molar-refractivity contribution is -0.300. The maximum atomic E-state index is 13.9. The molecule has 3 N–H and O–H groups in total. The fourth-order valence-corrected chi connectivity index (χ4v) is 11.9. The Balaban J connectivity index is 1.13. The van der Waals surface area contributed by atoms with E-state index in [0.29, 0.717) is 24.5 Å². The van der Waals surface area contributed by atoms with Gasteiger partial charge in [0.2, 0.25) is 0 Å². The molecule has 4 saturated carbocycles. The summed E-state index contributed by atoms with van der Waals surface area (Å²) >= 11 is 0. The summed E-state index contributed by atoms with van der Waals surface area (Å²) in [5.74, 6) is 0.735. The van der Waals surface area contributed by atoms with E-state index in [4.69, 9.17) is 14.2 Å². The van der Waals surface area contributed by atoms with E-state index >= 15 is 0 Å². The highest BCUT2D eigenvalue weighted by atomic mass is 16.7. The first kappa shape index (κ1) is 30.5. The van der Waals surface area contributed by atoms with Gasteiger partial charge in [0.05, 0.1) is 18.3 Å². The van der Waals surface area contributed by atoms with Crippen LogP contribution in [0.2, 0.25) is 0 Å². The van der Waals surface area contributed by atoms with E-state index in [1.54, 1.807) is 0 Å². The highest BCUT2D eigenvalue weighted by Crippen LogP contribution is 2.87. The number of carbonyl (C=O) groups is 2. The van der Waals surface area contributed by atoms with Crippen molar-refractivity contribution in [3.8, 4) is 0 Å². The van der Waals surface area contributed by atoms with Crippen molar-refractivity contribution >= 4 is 11.6 Å². The minimum Gasteiger partial charge on any atom is -0.388 e. The highest BCUT2D eigenvalue weighted by molar-refractivity contribution is 5.90. The topological polar surface area (TPSA) is 126 Å². The molecule has 8 nitrogen and oxygen atoms in total. The first-order valence-corrected chi connectivity index (χ1v) is 16.7. The lowest BCUT2D eigenvalue weighted by Crippen LogP contribution is -2.58. The van der Waals surface area contributed by atoms with Crippen molar-refractivity contribution in [1.82, 2.24) is 0 Å². The van der Waals surface area contributed by atoms with E-state index < -0.39 is 24.6 Å². The zero-order valence-corrected chi connectivity index (χ0v) is 27.0. The van der Waals surface area contributed by atoms with Gasteiger partial charge in [-0.05, 0) is 85.9 Å². The molecule has 43 heavy (non-hydrogen) atoms. The number of hydrogen-bond donors (Lipinski definition) is 3. The van der Waals surface area contributed by atoms with Gasteiger partial charge in [0.15, 0.2) is 12.1 Å². The highest BCUT2D eigenvalue weighted by Gasteiger charge is 2.81. The molecule has 8 heteroatoms. The number of ether oxygens (including phenoxy) is 3. The number of rotatable bonds is 6. The van der Waals surface area contributed by atoms with Crippen molar-refractivity contribution in [1.29, 1.82) is 0 Å². The summed E-state index contributed by atoms with van der Waals surface area (Å²) < 4.78 is 17.7. The van der Waals surface area contributed by atoms with E-state index in [2.05, 4.69) is 40.7 Å². The summed E-state index contributed by atoms with van der Waals surface area (Å²) in [6.45, 7) is 15.2. The predicted octanol–water partition coefficient (Wildman–Crippen LogP) is 4.12. The van der Waals surface area contributed by atoms with Gasteiger partial charge >= 0.3 is 0 Å². The van der Waals surface area contributed by atoms with E-state index in [0.717, 1.165) is 38.5 Å². The lowest BCUT2D eigenvalue weighted by Gasteiger charge is -2.60. The van der Waals surface area contributed by atoms with Crippen LogP contribution in [-0.4, -0.2) is 75.9 Å². The van der Waals surface area contributed by atoms with Crippen molar-refractivity contribution < 1.29 is 39.1 Å². The van der Waals surface area contributed by atoms with E-state index in [-0.39, 0.29) is 69.1 Å². The number of Topliss-reactive ketones (excluding diaryl/α,β-unsaturated/α-hetero) is 2. The van der Waals surface area contributed by atoms with Crippen LogP contribution in [0, 0.1) is 44.8 Å². The number of aliphatic hydroxyl groups excluding tert-OH is 3. The quantitative estimate of drug-likeness (QED) is 0.307. The molecule has 0 aromatic carbocycles. The largest absolute Gasteiger partial charge is 0.388 e. The SMILES string of the molecule is C[C@H](CC(=O)[C@@H]1OC1(C)C)[C@H]1C(=O)C[C@@]2(C)C3=CC[C@H]4C(C)(C)[C@@H](O[C@@H]5OC[C@@H](O)[C@H](O)[C@H]5O)CC[C@@]45C[C@@]35CC[C@]12C. The number of aliphatic hydroxyl groups is 3. The van der Waals surface area contributed by atoms with Gasteiger partial charge in [-0.25, -0.2) is 0 Å². The first-order valence-electron chi connectivity index (χ1n) is 16.7. The van der Waals surface area contributed by atoms with Crippen molar-refractivity contribution in [2.24, 2.45) is 44.8 Å². The summed E-state index contributed by atoms with van der Waals surface area (Å²) in [6, 6.07) is 0. The number of carbonyl (C=O) groups excluding carboxylic acids is 2. The zero-order chi connectivity index (χ0) is 31.1. The van der Waals surface area contributed by atoms with Crippen molar-refractivity contribution in [3.05, 3.63) is 11.6 Å². The Hall–Kier alpha value is -1.16. The van der Waals surface area contributed by atoms with Crippen LogP contribution < -0.4 is 0 Å². The van der Waals surface area contributed by atoms with Crippen LogP contribution in [0.25, 0.3) is 0 Å². The van der Waals surface area contributed by atoms with Gasteiger partial charge in [-0.15, -0.1) is 0 Å². The van der Waals surface area contributed by atoms with Gasteiger partial charge in [0.25, 0.3) is 0 Å². The van der Waals surface area contributed by atoms with Crippen LogP contribution in [0.3, 0.4) is 0 Å². The van der Waals surface area contributed by atoms with E-state index in [1.165, 1.54) is 5.57 Å². The Kier molecular flexibility index (Phi) is 6.54. The maximum absolute atomic E-state index is 13.9. The average Bonchev–Trinajstić information content (AvgIpc) is 3.76. The van der Waals surface area contributed by atoms with Crippen LogP contribution in [-0.2, 0) is 23.8 Å². The van der Waals surface area contributed by atoms with Gasteiger partial charge in [0.1, 0.15) is 30.2 Å². The Bertz CT molecular complexity index is 1260. The second kappa shape index (κ2) is 9.22. The first-order chi connectivity index (χ1) is 20.0. The van der Waals surface area contributed by atoms with Gasteiger partial charge in [-0.2, -0.15) is 0 Å². The molecule has 0 bridgehead atoms. The molecule has 13 atom stereocenters. The minimum absolute atomic E-state index is 0.00511. The van der Waals surface area contributed by atoms with Gasteiger partial charge in [0, 0.05) is 24.2 Å². The molecular formula is C35H52O8. The molecule has 0 unspecified atom stereocenters. The number of hydrogen-bond acceptors (Lipinski definition) is 8. The average molecular weight is 601 g/mol. The third-order valence-electron chi connectivity index (χ3n) is 14.4. The van der Waals surface area contributed by atoms with Crippen LogP contribution in [0.1, 0.15) is 99.8 Å². The number of ketones is 2. The summed E-state index contributed by atoms with van der Waals surface area (Å²) in [6.07, 6.45) is 4.39. The lowest BCUT2D eigenvalue weighted by atomic mass is 9.45. The molecule has 2 aliphatic heterocycles. The van der Waals surface area contributed by atoms with E-state index in [9.17, 15) is 24.9 Å². The summed E-state index contributed by atoms with van der Waals surface area (Å²) in [7, 11) is 0. The second-order valence-corrected chi connectivity index (χ2v) is 17.2. The number of fused-ring (bicyclic) bond motifs is 2. The standard InChI is InChI=1S/C35H52O8/c1-18(14-19(36)28-31(4,5)43-28)25-20(37)15-33(7)23-9-8-22-30(2,3)24(42-29-27(40)26(39)21(38)16-41-29)10-11-34(22)17-35(23,34)13-12-32(25,33)6/h9,18,21-22,24-29,38-40H,8,10-17H2,1-7H3/t18-,21-,22+,24+,25+,26+,27-,28+,29+,32-,33+,34-,35+/m1/s1. The molecule has 240 valence electrons. The molecule has 0 aromatic rings. The molecular weight excluding hydrogens is 548 g/mol. The molecule has 0 radical (unpaired) electrons. The molecule has 2 saturated heterocycles. The second-order valence-electron chi connectivity index (χ2n) is 17.2. The predicted molar refractivity (Wildman–Crippen MR) is 158 cm³/mol. The number of epoxide rings is 1. The van der Waals surface area contributed by atoms with Crippen LogP contribution in [0.4, 0.5) is 0 Å². The molecule has 2 heterocycles. The van der Waals surface area contributed by atoms with Crippen LogP contribution in [0.5, 0.6) is 0 Å². The normalized spacial score (nSPS) is 53.1. The van der Waals surface area contributed by atoms with Crippen molar-refractivity contribution in [2.75, 3.05) is 6.61 Å². The fourth-order valence-electron chi connectivity index (χ4n) is 11.9. The van der Waals surface area contributed by atoms with Gasteiger partial charge in [-0.1, -0.05) is 46.3 Å². The Morgan fingerprint density at radius 3 is 2.44 bits per heavy atom. The number of allylic oxidation sites excluding steroid dienone is 2. The Labute approximate surface area is 255 Å². The molecule has 0 amide bonds. The maximum Gasteiger partial charge on any atom is 0.186 e. The zero-order valence-electron chi connectivity index (χ0n) is 27.0. The fraction of sp³-hybridized carbons (Fsp3) is 0.886. The van der Waals surface area contributed by atoms with Crippen molar-refractivity contribution in [2.45, 2.75) is 142 Å². The monoisotopic (exact) mass is 600 g/mol. The molecule has 0 aromatic heterocycles.